The number of rotatable bonds is 4. The molecule has 0 aliphatic carbocycles. The van der Waals surface area contributed by atoms with Crippen molar-refractivity contribution >= 4 is 22.9 Å². The Morgan fingerprint density at radius 3 is 2.71 bits per heavy atom. The number of thiophene rings is 1. The van der Waals surface area contributed by atoms with Crippen molar-refractivity contribution in [1.29, 1.82) is 0 Å². The van der Waals surface area contributed by atoms with Crippen molar-refractivity contribution in [2.45, 2.75) is 26.8 Å². The van der Waals surface area contributed by atoms with E-state index >= 15 is 0 Å². The molecule has 1 aromatic rings. The van der Waals surface area contributed by atoms with Gasteiger partial charge in [-0.05, 0) is 32.4 Å². The third-order valence-corrected chi connectivity index (χ3v) is 3.26. The van der Waals surface area contributed by atoms with Crippen molar-refractivity contribution in [2.24, 2.45) is 0 Å². The first-order valence-electron chi connectivity index (χ1n) is 4.64. The molecule has 0 saturated carbocycles. The molecule has 1 N–H and O–H groups in total. The molecule has 0 fully saturated rings. The molecule has 0 aromatic carbocycles. The van der Waals surface area contributed by atoms with Crippen LogP contribution < -0.4 is 5.32 Å². The van der Waals surface area contributed by atoms with Gasteiger partial charge in [0.05, 0.1) is 0 Å². The van der Waals surface area contributed by atoms with Gasteiger partial charge in [0, 0.05) is 27.4 Å². The Labute approximate surface area is 94.8 Å². The predicted molar refractivity (Wildman–Crippen MR) is 65.2 cm³/mol. The molecule has 1 unspecified atom stereocenters. The molecular formula is C11H16ClNS. The van der Waals surface area contributed by atoms with Crippen LogP contribution in [0.5, 0.6) is 0 Å². The van der Waals surface area contributed by atoms with E-state index in [0.717, 1.165) is 0 Å². The molecule has 0 aliphatic rings. The van der Waals surface area contributed by atoms with E-state index in [9.17, 15) is 0 Å². The molecule has 0 spiro atoms. The second kappa shape index (κ2) is 4.96. The zero-order valence-corrected chi connectivity index (χ0v) is 10.4. The Balaban J connectivity index is 2.64. The van der Waals surface area contributed by atoms with Gasteiger partial charge in [0.15, 0.2) is 0 Å². The maximum absolute atomic E-state index is 5.70. The van der Waals surface area contributed by atoms with Gasteiger partial charge in [-0.3, -0.25) is 0 Å². The summed E-state index contributed by atoms with van der Waals surface area (Å²) in [6, 6.07) is 2.57. The zero-order valence-electron chi connectivity index (χ0n) is 8.86. The highest BCUT2D eigenvalue weighted by atomic mass is 35.5. The smallest absolute Gasteiger partial charge is 0.0313 e. The molecule has 1 rings (SSSR count). The van der Waals surface area contributed by atoms with Gasteiger partial charge < -0.3 is 5.32 Å². The first kappa shape index (κ1) is 11.8. The van der Waals surface area contributed by atoms with Crippen molar-refractivity contribution in [3.63, 3.8) is 0 Å². The summed E-state index contributed by atoms with van der Waals surface area (Å²) in [5, 5.41) is 3.98. The summed E-state index contributed by atoms with van der Waals surface area (Å²) in [4.78, 5) is 2.73. The SMILES string of the molecule is C=C(Cl)CNC(C)c1cc(C)sc1C. The summed E-state index contributed by atoms with van der Waals surface area (Å²) in [6.45, 7) is 10.8. The van der Waals surface area contributed by atoms with E-state index in [4.69, 9.17) is 11.6 Å². The number of hydrogen-bond acceptors (Lipinski definition) is 2. The second-order valence-corrected chi connectivity index (χ2v) is 5.48. The van der Waals surface area contributed by atoms with Gasteiger partial charge >= 0.3 is 0 Å². The molecule has 1 atom stereocenters. The van der Waals surface area contributed by atoms with Gasteiger partial charge in [0.2, 0.25) is 0 Å². The lowest BCUT2D eigenvalue weighted by Crippen LogP contribution is -2.19. The van der Waals surface area contributed by atoms with Crippen LogP contribution >= 0.6 is 22.9 Å². The Morgan fingerprint density at radius 1 is 1.64 bits per heavy atom. The van der Waals surface area contributed by atoms with E-state index in [1.807, 2.05) is 11.3 Å². The van der Waals surface area contributed by atoms with Gasteiger partial charge in [0.1, 0.15) is 0 Å². The predicted octanol–water partition coefficient (Wildman–Crippen LogP) is 3.77. The molecule has 0 aliphatic heterocycles. The Hall–Kier alpha value is -0.310. The van der Waals surface area contributed by atoms with E-state index in [0.29, 0.717) is 17.6 Å². The zero-order chi connectivity index (χ0) is 10.7. The molecule has 0 radical (unpaired) electrons. The van der Waals surface area contributed by atoms with Crippen LogP contribution in [0.1, 0.15) is 28.3 Å². The fourth-order valence-electron chi connectivity index (χ4n) is 1.45. The minimum Gasteiger partial charge on any atom is -0.305 e. The molecule has 0 amide bonds. The first-order chi connectivity index (χ1) is 6.50. The van der Waals surface area contributed by atoms with Crippen molar-refractivity contribution in [2.75, 3.05) is 6.54 Å². The number of hydrogen-bond donors (Lipinski definition) is 1. The molecule has 1 heterocycles. The van der Waals surface area contributed by atoms with Crippen LogP contribution in [0.4, 0.5) is 0 Å². The van der Waals surface area contributed by atoms with Crippen LogP contribution in [0.3, 0.4) is 0 Å². The standard InChI is InChI=1S/C11H16ClNS/c1-7(12)6-13-9(3)11-5-8(2)14-10(11)4/h5,9,13H,1,6H2,2-4H3. The van der Waals surface area contributed by atoms with E-state index in [2.05, 4.69) is 38.7 Å². The summed E-state index contributed by atoms with van der Waals surface area (Å²) in [7, 11) is 0. The minimum absolute atomic E-state index is 0.343. The Morgan fingerprint density at radius 2 is 2.29 bits per heavy atom. The van der Waals surface area contributed by atoms with Crippen LogP contribution in [0.15, 0.2) is 17.7 Å². The van der Waals surface area contributed by atoms with Crippen molar-refractivity contribution in [1.82, 2.24) is 5.32 Å². The molecular weight excluding hydrogens is 214 g/mol. The van der Waals surface area contributed by atoms with Crippen molar-refractivity contribution in [3.05, 3.63) is 33.0 Å². The summed E-state index contributed by atoms with van der Waals surface area (Å²) >= 11 is 7.54. The molecule has 1 aromatic heterocycles. The van der Waals surface area contributed by atoms with Crippen LogP contribution in [-0.4, -0.2) is 6.54 Å². The lowest BCUT2D eigenvalue weighted by molar-refractivity contribution is 0.614. The maximum atomic E-state index is 5.70. The van der Waals surface area contributed by atoms with E-state index in [-0.39, 0.29) is 0 Å². The highest BCUT2D eigenvalue weighted by Crippen LogP contribution is 2.26. The Kier molecular flexibility index (Phi) is 4.17. The normalized spacial score (nSPS) is 12.9. The van der Waals surface area contributed by atoms with Gasteiger partial charge in [-0.25, -0.2) is 0 Å². The molecule has 1 nitrogen and oxygen atoms in total. The van der Waals surface area contributed by atoms with Crippen LogP contribution in [0.2, 0.25) is 0 Å². The van der Waals surface area contributed by atoms with Crippen LogP contribution in [0.25, 0.3) is 0 Å². The average Bonchev–Trinajstić information content (AvgIpc) is 2.41. The summed E-state index contributed by atoms with van der Waals surface area (Å²) in [5.41, 5.74) is 1.37. The number of halogens is 1. The molecule has 78 valence electrons. The lowest BCUT2D eigenvalue weighted by Gasteiger charge is -2.12. The summed E-state index contributed by atoms with van der Waals surface area (Å²) in [6.07, 6.45) is 0. The highest BCUT2D eigenvalue weighted by molar-refractivity contribution is 7.12. The van der Waals surface area contributed by atoms with E-state index < -0.39 is 0 Å². The number of aryl methyl sites for hydroxylation is 2. The minimum atomic E-state index is 0.343. The Bertz CT molecular complexity index is 330. The van der Waals surface area contributed by atoms with Gasteiger partial charge in [0.25, 0.3) is 0 Å². The number of nitrogens with one attached hydrogen (secondary N) is 1. The highest BCUT2D eigenvalue weighted by Gasteiger charge is 2.10. The van der Waals surface area contributed by atoms with Crippen molar-refractivity contribution < 1.29 is 0 Å². The summed E-state index contributed by atoms with van der Waals surface area (Å²) < 4.78 is 0. The van der Waals surface area contributed by atoms with Crippen LogP contribution in [0, 0.1) is 13.8 Å². The van der Waals surface area contributed by atoms with Gasteiger partial charge in [-0.1, -0.05) is 18.2 Å². The lowest BCUT2D eigenvalue weighted by atomic mass is 10.1. The van der Waals surface area contributed by atoms with E-state index in [1.54, 1.807) is 0 Å². The second-order valence-electron chi connectivity index (χ2n) is 3.49. The largest absolute Gasteiger partial charge is 0.305 e. The monoisotopic (exact) mass is 229 g/mol. The fraction of sp³-hybridized carbons (Fsp3) is 0.455. The van der Waals surface area contributed by atoms with E-state index in [1.165, 1.54) is 15.3 Å². The maximum Gasteiger partial charge on any atom is 0.0313 e. The average molecular weight is 230 g/mol. The fourth-order valence-corrected chi connectivity index (χ4v) is 2.55. The summed E-state index contributed by atoms with van der Waals surface area (Å²) in [5.74, 6) is 0. The molecule has 0 bridgehead atoms. The topological polar surface area (TPSA) is 12.0 Å². The van der Waals surface area contributed by atoms with Crippen molar-refractivity contribution in [3.8, 4) is 0 Å². The van der Waals surface area contributed by atoms with Gasteiger partial charge in [-0.15, -0.1) is 11.3 Å². The third-order valence-electron chi connectivity index (χ3n) is 2.15. The molecule has 14 heavy (non-hydrogen) atoms. The molecule has 3 heteroatoms. The quantitative estimate of drug-likeness (QED) is 0.829. The van der Waals surface area contributed by atoms with Crippen LogP contribution in [-0.2, 0) is 0 Å². The third kappa shape index (κ3) is 3.12. The van der Waals surface area contributed by atoms with Gasteiger partial charge in [-0.2, -0.15) is 0 Å². The first-order valence-corrected chi connectivity index (χ1v) is 5.83. The molecule has 0 saturated heterocycles.